The van der Waals surface area contributed by atoms with Gasteiger partial charge in [-0.3, -0.25) is 9.78 Å². The van der Waals surface area contributed by atoms with Crippen molar-refractivity contribution in [3.05, 3.63) is 83.4 Å². The molecule has 0 radical (unpaired) electrons. The van der Waals surface area contributed by atoms with Gasteiger partial charge in [-0.05, 0) is 48.0 Å². The Morgan fingerprint density at radius 3 is 2.56 bits per heavy atom. The normalized spacial score (nSPS) is 20.8. The summed E-state index contributed by atoms with van der Waals surface area (Å²) in [5.74, 6) is 0.498. The molecule has 1 fully saturated rings. The first-order valence-electron chi connectivity index (χ1n) is 10.1. The molecule has 0 bridgehead atoms. The first-order chi connectivity index (χ1) is 15.3. The highest BCUT2D eigenvalue weighted by Crippen LogP contribution is 2.60. The van der Waals surface area contributed by atoms with Gasteiger partial charge in [-0.15, -0.1) is 0 Å². The van der Waals surface area contributed by atoms with Gasteiger partial charge in [0.2, 0.25) is 0 Å². The molecule has 3 atom stereocenters. The Morgan fingerprint density at radius 1 is 1.03 bits per heavy atom. The van der Waals surface area contributed by atoms with Crippen molar-refractivity contribution in [2.75, 3.05) is 0 Å². The van der Waals surface area contributed by atoms with Crippen molar-refractivity contribution in [1.82, 2.24) is 4.98 Å². The zero-order valence-corrected chi connectivity index (χ0v) is 16.6. The Bertz CT molecular complexity index is 1180. The predicted molar refractivity (Wildman–Crippen MR) is 106 cm³/mol. The van der Waals surface area contributed by atoms with Crippen molar-refractivity contribution in [3.8, 4) is 17.2 Å². The minimum Gasteiger partial charge on any atom is -0.489 e. The maximum atomic E-state index is 13.5. The van der Waals surface area contributed by atoms with Gasteiger partial charge < -0.3 is 9.47 Å². The summed E-state index contributed by atoms with van der Waals surface area (Å²) in [5.41, 5.74) is -0.255. The Hall–Kier alpha value is -3.42. The van der Waals surface area contributed by atoms with Crippen LogP contribution < -0.4 is 9.47 Å². The number of alkyl halides is 3. The Kier molecular flexibility index (Phi) is 4.87. The van der Waals surface area contributed by atoms with Crippen LogP contribution >= 0.6 is 0 Å². The van der Waals surface area contributed by atoms with E-state index >= 15 is 0 Å². The summed E-state index contributed by atoms with van der Waals surface area (Å²) in [4.78, 5) is 16.4. The average molecular weight is 443 g/mol. The van der Waals surface area contributed by atoms with E-state index in [9.17, 15) is 22.4 Å². The van der Waals surface area contributed by atoms with E-state index in [0.717, 1.165) is 17.4 Å². The van der Waals surface area contributed by atoms with E-state index in [2.05, 4.69) is 4.98 Å². The Morgan fingerprint density at radius 2 is 1.81 bits per heavy atom. The van der Waals surface area contributed by atoms with Crippen LogP contribution in [0.2, 0.25) is 0 Å². The van der Waals surface area contributed by atoms with Crippen molar-refractivity contribution >= 4 is 5.78 Å². The maximum Gasteiger partial charge on any atom is 0.419 e. The third kappa shape index (κ3) is 3.92. The number of ether oxygens (including phenoxy) is 2. The molecule has 1 saturated carbocycles. The molecule has 5 rings (SSSR count). The van der Waals surface area contributed by atoms with Gasteiger partial charge in [-0.25, -0.2) is 4.39 Å². The molecule has 2 aliphatic rings. The third-order valence-corrected chi connectivity index (χ3v) is 5.79. The van der Waals surface area contributed by atoms with E-state index in [4.69, 9.17) is 9.47 Å². The smallest absolute Gasteiger partial charge is 0.419 e. The molecule has 0 amide bonds. The molecule has 0 N–H and O–H groups in total. The molecule has 4 nitrogen and oxygen atoms in total. The minimum atomic E-state index is -4.80. The summed E-state index contributed by atoms with van der Waals surface area (Å²) < 4.78 is 63.9. The number of halogens is 4. The second-order valence-corrected chi connectivity index (χ2v) is 7.99. The molecule has 1 unspecified atom stereocenters. The molecule has 1 aliphatic carbocycles. The van der Waals surface area contributed by atoms with Crippen molar-refractivity contribution in [2.45, 2.75) is 31.0 Å². The number of aromatic nitrogens is 1. The quantitative estimate of drug-likeness (QED) is 0.458. The van der Waals surface area contributed by atoms with Crippen molar-refractivity contribution in [1.29, 1.82) is 0 Å². The number of hydrogen-bond donors (Lipinski definition) is 0. The van der Waals surface area contributed by atoms with Crippen LogP contribution in [0.15, 0.2) is 60.9 Å². The van der Waals surface area contributed by atoms with Gasteiger partial charge in [0.05, 0.1) is 5.56 Å². The molecule has 0 saturated heterocycles. The SMILES string of the molecule is O=C(Cc1ccc(F)c(C(F)(F)F)c1)CC1[C@H]2Oc3ccc(Oc4ccncc4)cc3[C@@H]12. The average Bonchev–Trinajstić information content (AvgIpc) is 3.26. The van der Waals surface area contributed by atoms with Crippen molar-refractivity contribution in [3.63, 3.8) is 0 Å². The Balaban J connectivity index is 1.24. The maximum absolute atomic E-state index is 13.5. The summed E-state index contributed by atoms with van der Waals surface area (Å²) in [5, 5.41) is 0. The fourth-order valence-electron chi connectivity index (χ4n) is 4.26. The van der Waals surface area contributed by atoms with E-state index in [0.29, 0.717) is 17.6 Å². The van der Waals surface area contributed by atoms with Crippen LogP contribution in [-0.4, -0.2) is 16.9 Å². The summed E-state index contributed by atoms with van der Waals surface area (Å²) in [6.45, 7) is 0. The van der Waals surface area contributed by atoms with E-state index in [-0.39, 0.29) is 42.1 Å². The number of carbonyl (C=O) groups excluding carboxylic acids is 1. The molecule has 2 aromatic carbocycles. The highest BCUT2D eigenvalue weighted by molar-refractivity contribution is 5.82. The van der Waals surface area contributed by atoms with Gasteiger partial charge in [0.1, 0.15) is 35.0 Å². The van der Waals surface area contributed by atoms with Crippen LogP contribution in [0.25, 0.3) is 0 Å². The molecule has 0 spiro atoms. The summed E-state index contributed by atoms with van der Waals surface area (Å²) in [7, 11) is 0. The van der Waals surface area contributed by atoms with Gasteiger partial charge >= 0.3 is 6.18 Å². The van der Waals surface area contributed by atoms with Crippen LogP contribution in [0.5, 0.6) is 17.2 Å². The lowest BCUT2D eigenvalue weighted by Crippen LogP contribution is -2.11. The minimum absolute atomic E-state index is 0.0336. The molecule has 32 heavy (non-hydrogen) atoms. The second kappa shape index (κ2) is 7.62. The largest absolute Gasteiger partial charge is 0.489 e. The van der Waals surface area contributed by atoms with Crippen LogP contribution in [0.3, 0.4) is 0 Å². The molecule has 3 aromatic rings. The standard InChI is InChI=1S/C24H17F4NO3/c25-20-3-1-13(10-19(20)24(26,27)28)9-14(30)11-18-22-17-12-16(2-4-21(17)32-23(18)22)31-15-5-7-29-8-6-15/h1-8,10,12,18,22-23H,9,11H2/t18?,22-,23+/m0/s1. The number of carbonyl (C=O) groups is 1. The van der Waals surface area contributed by atoms with Crippen LogP contribution in [0.4, 0.5) is 17.6 Å². The first-order valence-corrected chi connectivity index (χ1v) is 10.1. The molecule has 1 aromatic heterocycles. The topological polar surface area (TPSA) is 48.4 Å². The van der Waals surface area contributed by atoms with E-state index in [1.165, 1.54) is 6.07 Å². The molecule has 8 heteroatoms. The van der Waals surface area contributed by atoms with Crippen molar-refractivity contribution < 1.29 is 31.8 Å². The van der Waals surface area contributed by atoms with Gasteiger partial charge in [0, 0.05) is 42.6 Å². The summed E-state index contributed by atoms with van der Waals surface area (Å²) in [6.07, 6.45) is -1.67. The lowest BCUT2D eigenvalue weighted by Gasteiger charge is -2.11. The zero-order valence-electron chi connectivity index (χ0n) is 16.6. The molecule has 164 valence electrons. The highest BCUT2D eigenvalue weighted by atomic mass is 19.4. The van der Waals surface area contributed by atoms with E-state index < -0.39 is 17.6 Å². The number of hydrogen-bond acceptors (Lipinski definition) is 4. The number of fused-ring (bicyclic) bond motifs is 3. The van der Waals surface area contributed by atoms with Gasteiger partial charge in [-0.1, -0.05) is 6.07 Å². The Labute approximate surface area is 180 Å². The van der Waals surface area contributed by atoms with Gasteiger partial charge in [-0.2, -0.15) is 13.2 Å². The third-order valence-electron chi connectivity index (χ3n) is 5.79. The molecular formula is C24H17F4NO3. The molecule has 1 aliphatic heterocycles. The summed E-state index contributed by atoms with van der Waals surface area (Å²) >= 11 is 0. The van der Waals surface area contributed by atoms with Crippen LogP contribution in [0.1, 0.15) is 29.0 Å². The number of pyridine rings is 1. The number of Topliss-reactive ketones (excluding diaryl/α,β-unsaturated/α-hetero) is 1. The second-order valence-electron chi connectivity index (χ2n) is 7.99. The van der Waals surface area contributed by atoms with Gasteiger partial charge in [0.25, 0.3) is 0 Å². The number of benzene rings is 2. The fraction of sp³-hybridized carbons (Fsp3) is 0.250. The fourth-order valence-corrected chi connectivity index (χ4v) is 4.26. The number of nitrogens with zero attached hydrogens (tertiary/aromatic N) is 1. The predicted octanol–water partition coefficient (Wildman–Crippen LogP) is 5.71. The monoisotopic (exact) mass is 443 g/mol. The van der Waals surface area contributed by atoms with Crippen LogP contribution in [0, 0.1) is 11.7 Å². The molecule has 2 heterocycles. The number of ketones is 1. The van der Waals surface area contributed by atoms with Crippen molar-refractivity contribution in [2.24, 2.45) is 5.92 Å². The van der Waals surface area contributed by atoms with Gasteiger partial charge in [0.15, 0.2) is 0 Å². The van der Waals surface area contributed by atoms with Crippen LogP contribution in [-0.2, 0) is 17.4 Å². The van der Waals surface area contributed by atoms with E-state index in [1.807, 2.05) is 12.1 Å². The lowest BCUT2D eigenvalue weighted by atomic mass is 10.00. The lowest BCUT2D eigenvalue weighted by molar-refractivity contribution is -0.140. The van der Waals surface area contributed by atoms with E-state index in [1.54, 1.807) is 30.6 Å². The number of rotatable bonds is 6. The molecular weight excluding hydrogens is 426 g/mol. The highest BCUT2D eigenvalue weighted by Gasteiger charge is 2.59. The first kappa shape index (κ1) is 20.5. The zero-order chi connectivity index (χ0) is 22.5. The summed E-state index contributed by atoms with van der Waals surface area (Å²) in [6, 6.07) is 11.7.